The summed E-state index contributed by atoms with van der Waals surface area (Å²) in [6, 6.07) is 10.1. The molecule has 1 aliphatic rings. The van der Waals surface area contributed by atoms with Crippen molar-refractivity contribution in [2.75, 3.05) is 0 Å². The Labute approximate surface area is 94.9 Å². The second-order valence-corrected chi connectivity index (χ2v) is 4.66. The van der Waals surface area contributed by atoms with Crippen LogP contribution < -0.4 is 0 Å². The van der Waals surface area contributed by atoms with Crippen LogP contribution in [-0.4, -0.2) is 10.1 Å². The van der Waals surface area contributed by atoms with Gasteiger partial charge < -0.3 is 5.11 Å². The number of hydrogen-bond acceptors (Lipinski definition) is 2. The van der Waals surface area contributed by atoms with Gasteiger partial charge in [0, 0.05) is 11.6 Å². The van der Waals surface area contributed by atoms with E-state index in [-0.39, 0.29) is 6.10 Å². The summed E-state index contributed by atoms with van der Waals surface area (Å²) in [6.07, 6.45) is 4.90. The average Bonchev–Trinajstić information content (AvgIpc) is 3.12. The van der Waals surface area contributed by atoms with Crippen LogP contribution in [0.3, 0.4) is 0 Å². The summed E-state index contributed by atoms with van der Waals surface area (Å²) in [5, 5.41) is 11.2. The van der Waals surface area contributed by atoms with Crippen LogP contribution in [0.4, 0.5) is 0 Å². The van der Waals surface area contributed by atoms with Crippen LogP contribution in [0.1, 0.15) is 30.9 Å². The number of nitrogens with zero attached hydrogens (tertiary/aromatic N) is 1. The number of hydrogen-bond donors (Lipinski definition) is 1. The molecule has 1 aromatic heterocycles. The van der Waals surface area contributed by atoms with Gasteiger partial charge >= 0.3 is 0 Å². The highest BCUT2D eigenvalue weighted by molar-refractivity contribution is 5.78. The quantitative estimate of drug-likeness (QED) is 0.850. The highest BCUT2D eigenvalue weighted by Crippen LogP contribution is 2.37. The van der Waals surface area contributed by atoms with Crippen LogP contribution in [0.2, 0.25) is 0 Å². The fourth-order valence-corrected chi connectivity index (χ4v) is 2.08. The Balaban J connectivity index is 1.91. The molecule has 0 saturated heterocycles. The summed E-state index contributed by atoms with van der Waals surface area (Å²) < 4.78 is 0. The molecule has 1 unspecified atom stereocenters. The van der Waals surface area contributed by atoms with Crippen LogP contribution in [0.5, 0.6) is 0 Å². The normalized spacial score (nSPS) is 17.6. The van der Waals surface area contributed by atoms with Crippen molar-refractivity contribution in [3.63, 3.8) is 0 Å². The van der Waals surface area contributed by atoms with Crippen LogP contribution >= 0.6 is 0 Å². The highest BCUT2D eigenvalue weighted by Gasteiger charge is 2.25. The first kappa shape index (κ1) is 9.79. The minimum atomic E-state index is -0.343. The first-order valence-corrected chi connectivity index (χ1v) is 5.86. The van der Waals surface area contributed by atoms with Crippen molar-refractivity contribution in [1.29, 1.82) is 0 Å². The summed E-state index contributed by atoms with van der Waals surface area (Å²) in [5.41, 5.74) is 1.94. The molecule has 1 saturated carbocycles. The molecular formula is C14H15NO. The summed E-state index contributed by atoms with van der Waals surface area (Å²) in [4.78, 5) is 4.37. The Morgan fingerprint density at radius 1 is 1.31 bits per heavy atom. The molecule has 1 atom stereocenters. The van der Waals surface area contributed by atoms with Gasteiger partial charge in [-0.2, -0.15) is 0 Å². The van der Waals surface area contributed by atoms with E-state index >= 15 is 0 Å². The van der Waals surface area contributed by atoms with Crippen molar-refractivity contribution in [3.05, 3.63) is 42.1 Å². The Kier molecular flexibility index (Phi) is 2.37. The Morgan fingerprint density at radius 3 is 2.94 bits per heavy atom. The second-order valence-electron chi connectivity index (χ2n) is 4.66. The molecular weight excluding hydrogens is 198 g/mol. The van der Waals surface area contributed by atoms with Gasteiger partial charge in [0.05, 0.1) is 11.6 Å². The molecule has 1 aliphatic carbocycles. The van der Waals surface area contributed by atoms with Crippen molar-refractivity contribution in [2.24, 2.45) is 5.92 Å². The Morgan fingerprint density at radius 2 is 2.12 bits per heavy atom. The van der Waals surface area contributed by atoms with Crippen molar-refractivity contribution in [1.82, 2.24) is 4.98 Å². The molecule has 2 heteroatoms. The summed E-state index contributed by atoms with van der Waals surface area (Å²) in [5.74, 6) is 0.737. The molecule has 82 valence electrons. The zero-order chi connectivity index (χ0) is 11.0. The number of aliphatic hydroxyl groups is 1. The lowest BCUT2D eigenvalue weighted by Gasteiger charge is -2.10. The van der Waals surface area contributed by atoms with Gasteiger partial charge in [0.15, 0.2) is 0 Å². The Hall–Kier alpha value is -1.41. The molecule has 1 aromatic carbocycles. The molecule has 0 bridgehead atoms. The summed E-state index contributed by atoms with van der Waals surface area (Å²) >= 11 is 0. The number of para-hydroxylation sites is 1. The van der Waals surface area contributed by atoms with Crippen molar-refractivity contribution in [3.8, 4) is 0 Å². The highest BCUT2D eigenvalue weighted by atomic mass is 16.3. The van der Waals surface area contributed by atoms with Crippen LogP contribution in [0.15, 0.2) is 36.5 Å². The first-order chi connectivity index (χ1) is 7.83. The number of aromatic nitrogens is 1. The molecule has 0 radical (unpaired) electrons. The summed E-state index contributed by atoms with van der Waals surface area (Å²) in [6.45, 7) is 0. The zero-order valence-corrected chi connectivity index (χ0v) is 9.13. The molecule has 1 heterocycles. The van der Waals surface area contributed by atoms with E-state index in [1.807, 2.05) is 24.3 Å². The van der Waals surface area contributed by atoms with Gasteiger partial charge in [-0.1, -0.05) is 31.0 Å². The molecule has 2 aromatic rings. The van der Waals surface area contributed by atoms with E-state index in [1.54, 1.807) is 6.20 Å². The van der Waals surface area contributed by atoms with E-state index in [9.17, 15) is 5.11 Å². The number of fused-ring (bicyclic) bond motifs is 1. The van der Waals surface area contributed by atoms with E-state index < -0.39 is 0 Å². The maximum atomic E-state index is 10.1. The Bertz CT molecular complexity index is 505. The van der Waals surface area contributed by atoms with Gasteiger partial charge in [-0.25, -0.2) is 0 Å². The molecule has 1 N–H and O–H groups in total. The molecule has 16 heavy (non-hydrogen) atoms. The molecule has 2 nitrogen and oxygen atoms in total. The third-order valence-electron chi connectivity index (χ3n) is 3.25. The van der Waals surface area contributed by atoms with Crippen LogP contribution in [-0.2, 0) is 0 Å². The molecule has 1 fully saturated rings. The van der Waals surface area contributed by atoms with E-state index in [4.69, 9.17) is 0 Å². The molecule has 3 rings (SSSR count). The van der Waals surface area contributed by atoms with Crippen LogP contribution in [0.25, 0.3) is 10.9 Å². The maximum Gasteiger partial charge on any atom is 0.0807 e. The van der Waals surface area contributed by atoms with Gasteiger partial charge in [-0.15, -0.1) is 0 Å². The van der Waals surface area contributed by atoms with Crippen molar-refractivity contribution < 1.29 is 5.11 Å². The van der Waals surface area contributed by atoms with Crippen LogP contribution in [0, 0.1) is 5.92 Å². The zero-order valence-electron chi connectivity index (χ0n) is 9.13. The van der Waals surface area contributed by atoms with E-state index in [0.717, 1.165) is 28.8 Å². The minimum absolute atomic E-state index is 0.343. The third kappa shape index (κ3) is 1.93. The van der Waals surface area contributed by atoms with Gasteiger partial charge in [-0.05, 0) is 30.0 Å². The van der Waals surface area contributed by atoms with E-state index in [0.29, 0.717) is 0 Å². The number of rotatable bonds is 3. The van der Waals surface area contributed by atoms with E-state index in [2.05, 4.69) is 11.1 Å². The van der Waals surface area contributed by atoms with E-state index in [1.165, 1.54) is 12.8 Å². The number of aliphatic hydroxyl groups excluding tert-OH is 1. The smallest absolute Gasteiger partial charge is 0.0807 e. The molecule has 0 spiro atoms. The standard InChI is InChI=1S/C14H15NO/c16-14(7-10-5-6-10)12-8-11-3-1-2-4-13(11)15-9-12/h1-4,8-10,14,16H,5-7H2. The van der Waals surface area contributed by atoms with Gasteiger partial charge in [-0.3, -0.25) is 4.98 Å². The van der Waals surface area contributed by atoms with Crippen molar-refractivity contribution >= 4 is 10.9 Å². The van der Waals surface area contributed by atoms with Gasteiger partial charge in [0.25, 0.3) is 0 Å². The molecule has 0 aliphatic heterocycles. The fourth-order valence-electron chi connectivity index (χ4n) is 2.08. The maximum absolute atomic E-state index is 10.1. The third-order valence-corrected chi connectivity index (χ3v) is 3.25. The lowest BCUT2D eigenvalue weighted by molar-refractivity contribution is 0.160. The fraction of sp³-hybridized carbons (Fsp3) is 0.357. The second kappa shape index (κ2) is 3.87. The topological polar surface area (TPSA) is 33.1 Å². The molecule has 0 amide bonds. The minimum Gasteiger partial charge on any atom is -0.388 e. The SMILES string of the molecule is OC(CC1CC1)c1cnc2ccccc2c1. The number of pyridine rings is 1. The van der Waals surface area contributed by atoms with Crippen molar-refractivity contribution in [2.45, 2.75) is 25.4 Å². The van der Waals surface area contributed by atoms with Gasteiger partial charge in [0.2, 0.25) is 0 Å². The predicted molar refractivity (Wildman–Crippen MR) is 64.0 cm³/mol. The first-order valence-electron chi connectivity index (χ1n) is 5.86. The average molecular weight is 213 g/mol. The lowest BCUT2D eigenvalue weighted by atomic mass is 10.0. The van der Waals surface area contributed by atoms with Gasteiger partial charge in [0.1, 0.15) is 0 Å². The number of benzene rings is 1. The lowest BCUT2D eigenvalue weighted by Crippen LogP contribution is -1.99. The summed E-state index contributed by atoms with van der Waals surface area (Å²) in [7, 11) is 0. The largest absolute Gasteiger partial charge is 0.388 e. The predicted octanol–water partition coefficient (Wildman–Crippen LogP) is 3.07. The monoisotopic (exact) mass is 213 g/mol.